The second-order valence-corrected chi connectivity index (χ2v) is 11.1. The summed E-state index contributed by atoms with van der Waals surface area (Å²) in [6.07, 6.45) is 8.04. The van der Waals surface area contributed by atoms with E-state index in [0.717, 1.165) is 23.1 Å². The molecule has 38 heavy (non-hydrogen) atoms. The first kappa shape index (κ1) is 30.1. The smallest absolute Gasteiger partial charge is 0.548 e. The average Bonchev–Trinajstić information content (AvgIpc) is 2.92. The van der Waals surface area contributed by atoms with Crippen LogP contribution in [-0.2, 0) is 11.2 Å². The zero-order chi connectivity index (χ0) is 26.2. The molecule has 0 aromatic heterocycles. The third-order valence-corrected chi connectivity index (χ3v) is 8.25. The maximum absolute atomic E-state index is 13.3. The van der Waals surface area contributed by atoms with Crippen LogP contribution in [-0.4, -0.2) is 29.9 Å². The van der Waals surface area contributed by atoms with Crippen molar-refractivity contribution in [2.24, 2.45) is 5.92 Å². The number of carboxylic acid groups (broad SMARTS) is 1. The SMILES string of the molecule is CSCCC(NC(=O)c1ccc(CC2CCC(c3ccccc3)CC2)cc1-c1ccccc1C)C(=O)[O-].[Li+]. The van der Waals surface area contributed by atoms with Gasteiger partial charge in [0.1, 0.15) is 0 Å². The summed E-state index contributed by atoms with van der Waals surface area (Å²) in [7, 11) is 0. The molecule has 1 aliphatic rings. The normalized spacial score (nSPS) is 17.7. The van der Waals surface area contributed by atoms with Gasteiger partial charge < -0.3 is 15.2 Å². The summed E-state index contributed by atoms with van der Waals surface area (Å²) in [6.45, 7) is 2.04. The fraction of sp³-hybridized carbons (Fsp3) is 0.375. The quantitative estimate of drug-likeness (QED) is 0.417. The summed E-state index contributed by atoms with van der Waals surface area (Å²) in [5.41, 5.74) is 6.10. The van der Waals surface area contributed by atoms with Crippen molar-refractivity contribution < 1.29 is 33.6 Å². The number of nitrogens with one attached hydrogen (secondary N) is 1. The molecule has 3 aromatic carbocycles. The summed E-state index contributed by atoms with van der Waals surface area (Å²) < 4.78 is 0. The van der Waals surface area contributed by atoms with Gasteiger partial charge in [-0.3, -0.25) is 4.79 Å². The number of hydrogen-bond acceptors (Lipinski definition) is 4. The molecule has 1 saturated carbocycles. The zero-order valence-corrected chi connectivity index (χ0v) is 23.6. The molecule has 4 nitrogen and oxygen atoms in total. The van der Waals surface area contributed by atoms with Crippen molar-refractivity contribution in [3.63, 3.8) is 0 Å². The number of carbonyl (C=O) groups excluding carboxylic acids is 2. The fourth-order valence-electron chi connectivity index (χ4n) is 5.49. The van der Waals surface area contributed by atoms with Gasteiger partial charge in [0.25, 0.3) is 5.91 Å². The zero-order valence-electron chi connectivity index (χ0n) is 22.7. The van der Waals surface area contributed by atoms with Gasteiger partial charge in [0.15, 0.2) is 0 Å². The summed E-state index contributed by atoms with van der Waals surface area (Å²) in [4.78, 5) is 24.9. The second-order valence-electron chi connectivity index (χ2n) is 10.2. The van der Waals surface area contributed by atoms with Gasteiger partial charge in [0, 0.05) is 5.56 Å². The van der Waals surface area contributed by atoms with Gasteiger partial charge >= 0.3 is 18.9 Å². The van der Waals surface area contributed by atoms with Gasteiger partial charge in [-0.2, -0.15) is 11.8 Å². The second kappa shape index (κ2) is 14.6. The van der Waals surface area contributed by atoms with E-state index < -0.39 is 12.0 Å². The van der Waals surface area contributed by atoms with Gasteiger partial charge in [-0.1, -0.05) is 66.7 Å². The molecule has 0 saturated heterocycles. The molecule has 1 aliphatic carbocycles. The monoisotopic (exact) mass is 521 g/mol. The predicted octanol–water partition coefficient (Wildman–Crippen LogP) is 2.78. The van der Waals surface area contributed by atoms with Crippen LogP contribution in [0.3, 0.4) is 0 Å². The standard InChI is InChI=1S/C32H37NO3S.Li/c1-22-8-6-7-11-27(22)29-21-24(14-17-28(29)31(34)33-30(32(35)36)18-19-37-2)20-23-12-15-26(16-13-23)25-9-4-3-5-10-25;/h3-11,14,17,21,23,26,30H,12-13,15-16,18-20H2,1-2H3,(H,33,34)(H,35,36);/q;+1/p-1. The van der Waals surface area contributed by atoms with Crippen molar-refractivity contribution in [3.05, 3.63) is 95.1 Å². The maximum Gasteiger partial charge on any atom is 1.00 e. The van der Waals surface area contributed by atoms with Gasteiger partial charge in [0.05, 0.1) is 12.0 Å². The molecule has 1 unspecified atom stereocenters. The van der Waals surface area contributed by atoms with Gasteiger partial charge in [0.2, 0.25) is 0 Å². The van der Waals surface area contributed by atoms with Crippen molar-refractivity contribution in [1.29, 1.82) is 0 Å². The van der Waals surface area contributed by atoms with Gasteiger partial charge in [-0.25, -0.2) is 0 Å². The van der Waals surface area contributed by atoms with Gasteiger partial charge in [-0.05, 0) is 103 Å². The molecule has 6 heteroatoms. The van der Waals surface area contributed by atoms with E-state index in [-0.39, 0.29) is 24.8 Å². The third kappa shape index (κ3) is 7.79. The maximum atomic E-state index is 13.3. The summed E-state index contributed by atoms with van der Waals surface area (Å²) in [5, 5.41) is 14.3. The average molecular weight is 522 g/mol. The molecule has 1 fully saturated rings. The van der Waals surface area contributed by atoms with Crippen molar-refractivity contribution in [2.75, 3.05) is 12.0 Å². The number of thioether (sulfide) groups is 1. The molecule has 0 spiro atoms. The van der Waals surface area contributed by atoms with Crippen molar-refractivity contribution >= 4 is 23.6 Å². The number of rotatable bonds is 10. The van der Waals surface area contributed by atoms with Crippen molar-refractivity contribution in [1.82, 2.24) is 5.32 Å². The molecule has 1 atom stereocenters. The molecule has 3 aromatic rings. The first-order valence-corrected chi connectivity index (χ1v) is 14.6. The van der Waals surface area contributed by atoms with Crippen LogP contribution in [0.2, 0.25) is 0 Å². The van der Waals surface area contributed by atoms with Crippen LogP contribution < -0.4 is 29.3 Å². The molecule has 0 bridgehead atoms. The Morgan fingerprint density at radius 2 is 1.63 bits per heavy atom. The summed E-state index contributed by atoms with van der Waals surface area (Å²) in [5.74, 6) is 0.285. The van der Waals surface area contributed by atoms with Crippen molar-refractivity contribution in [2.45, 2.75) is 57.4 Å². The Balaban J connectivity index is 0.00000400. The van der Waals surface area contributed by atoms with E-state index in [1.165, 1.54) is 36.8 Å². The predicted molar refractivity (Wildman–Crippen MR) is 151 cm³/mol. The fourth-order valence-corrected chi connectivity index (χ4v) is 5.96. The minimum absolute atomic E-state index is 0. The Hall–Kier alpha value is -2.45. The molecule has 4 rings (SSSR count). The van der Waals surface area contributed by atoms with E-state index in [4.69, 9.17) is 0 Å². The molecular formula is C32H36LiNO3S. The van der Waals surface area contributed by atoms with E-state index in [1.54, 1.807) is 11.8 Å². The van der Waals surface area contributed by atoms with Crippen LogP contribution in [0.1, 0.15) is 65.1 Å². The Labute approximate surface area is 243 Å². The van der Waals surface area contributed by atoms with Crippen LogP contribution in [0.5, 0.6) is 0 Å². The number of amides is 1. The van der Waals surface area contributed by atoms with Crippen LogP contribution in [0.15, 0.2) is 72.8 Å². The summed E-state index contributed by atoms with van der Waals surface area (Å²) in [6, 6.07) is 23.9. The number of carboxylic acids is 1. The number of benzene rings is 3. The van der Waals surface area contributed by atoms with Crippen molar-refractivity contribution in [3.8, 4) is 11.1 Å². The Morgan fingerprint density at radius 1 is 0.947 bits per heavy atom. The molecule has 1 amide bonds. The minimum Gasteiger partial charge on any atom is -0.548 e. The van der Waals surface area contributed by atoms with E-state index >= 15 is 0 Å². The van der Waals surface area contributed by atoms with E-state index in [1.807, 2.05) is 49.6 Å². The van der Waals surface area contributed by atoms with E-state index in [0.29, 0.717) is 29.6 Å². The Kier molecular flexibility index (Phi) is 11.6. The first-order chi connectivity index (χ1) is 18.0. The first-order valence-electron chi connectivity index (χ1n) is 13.2. The number of carbonyl (C=O) groups is 2. The third-order valence-electron chi connectivity index (χ3n) is 7.61. The molecule has 0 heterocycles. The Bertz CT molecular complexity index is 1210. The van der Waals surface area contributed by atoms with Crippen LogP contribution >= 0.6 is 11.8 Å². The molecule has 194 valence electrons. The molecule has 1 N–H and O–H groups in total. The Morgan fingerprint density at radius 3 is 2.29 bits per heavy atom. The topological polar surface area (TPSA) is 69.2 Å². The van der Waals surface area contributed by atoms with E-state index in [2.05, 4.69) is 41.7 Å². The molecule has 0 radical (unpaired) electrons. The molecule has 0 aliphatic heterocycles. The van der Waals surface area contributed by atoms with Crippen LogP contribution in [0.4, 0.5) is 0 Å². The largest absolute Gasteiger partial charge is 1.00 e. The number of aryl methyl sites for hydroxylation is 1. The number of aliphatic carboxylic acids is 1. The van der Waals surface area contributed by atoms with Gasteiger partial charge in [-0.15, -0.1) is 0 Å². The van der Waals surface area contributed by atoms with E-state index in [9.17, 15) is 14.7 Å². The van der Waals surface area contributed by atoms with Crippen LogP contribution in [0, 0.1) is 12.8 Å². The molecular weight excluding hydrogens is 485 g/mol. The van der Waals surface area contributed by atoms with Crippen LogP contribution in [0.25, 0.3) is 11.1 Å². The summed E-state index contributed by atoms with van der Waals surface area (Å²) >= 11 is 1.55. The number of hydrogen-bond donors (Lipinski definition) is 1. The minimum atomic E-state index is -1.25.